The number of amides is 1. The first-order valence-electron chi connectivity index (χ1n) is 9.37. The van der Waals surface area contributed by atoms with Gasteiger partial charge in [-0.1, -0.05) is 12.2 Å². The fourth-order valence-corrected chi connectivity index (χ4v) is 5.16. The molecule has 1 fully saturated rings. The first-order chi connectivity index (χ1) is 12.5. The molecule has 3 heterocycles. The van der Waals surface area contributed by atoms with Crippen molar-refractivity contribution in [1.82, 2.24) is 14.9 Å². The quantitative estimate of drug-likeness (QED) is 0.784. The van der Waals surface area contributed by atoms with Crippen molar-refractivity contribution >= 4 is 23.3 Å². The number of H-pyrrole nitrogens is 1. The number of carbonyl (C=O) groups is 2. The minimum atomic E-state index is -0.473. The van der Waals surface area contributed by atoms with E-state index < -0.39 is 5.92 Å². The van der Waals surface area contributed by atoms with E-state index in [0.717, 1.165) is 33.2 Å². The molecule has 6 nitrogen and oxygen atoms in total. The molecule has 0 bridgehead atoms. The minimum absolute atomic E-state index is 0.0126. The third kappa shape index (κ3) is 2.06. The number of nitrogens with one attached hydrogen (secondary N) is 1. The van der Waals surface area contributed by atoms with Gasteiger partial charge >= 0.3 is 0 Å². The number of nitrogens with zero attached hydrogens (tertiary/aromatic N) is 2. The molecule has 5 rings (SSSR count). The molecule has 4 aliphatic rings. The number of fused-ring (bicyclic) bond motifs is 2. The molecule has 1 unspecified atom stereocenters. The van der Waals surface area contributed by atoms with Gasteiger partial charge in [0.1, 0.15) is 0 Å². The molecule has 6 heteroatoms. The Bertz CT molecular complexity index is 965. The number of hydroxylamine groups is 2. The predicted octanol–water partition coefficient (Wildman–Crippen LogP) is 0.209. The van der Waals surface area contributed by atoms with Crippen molar-refractivity contribution in [2.75, 3.05) is 6.54 Å². The normalized spacial score (nSPS) is 33.0. The zero-order chi connectivity index (χ0) is 18.2. The summed E-state index contributed by atoms with van der Waals surface area (Å²) in [6.07, 6.45) is 7.66. The number of rotatable bonds is 1. The van der Waals surface area contributed by atoms with Crippen LogP contribution in [0.5, 0.6) is 0 Å². The number of hydrogen-bond acceptors (Lipinski definition) is 4. The third-order valence-corrected chi connectivity index (χ3v) is 6.38. The summed E-state index contributed by atoms with van der Waals surface area (Å²) in [5, 5.41) is 15.7. The number of carbonyl (C=O) groups excluding carboxylic acids is 2. The first kappa shape index (κ1) is 16.0. The number of Topliss-reactive ketones (excluding diaryl/α,β-unsaturated/α-hetero) is 1. The van der Waals surface area contributed by atoms with Gasteiger partial charge in [-0.05, 0) is 37.8 Å². The zero-order valence-corrected chi connectivity index (χ0v) is 15.0. The topological polar surface area (TPSA) is 79.5 Å². The second-order valence-corrected chi connectivity index (χ2v) is 8.04. The molecule has 4 atom stereocenters. The Hall–Kier alpha value is -2.18. The van der Waals surface area contributed by atoms with E-state index in [9.17, 15) is 14.8 Å². The van der Waals surface area contributed by atoms with Gasteiger partial charge in [-0.15, -0.1) is 0 Å². The predicted molar refractivity (Wildman–Crippen MR) is 97.1 cm³/mol. The summed E-state index contributed by atoms with van der Waals surface area (Å²) in [5.74, 6) is -0.417. The Kier molecular flexibility index (Phi) is 3.33. The molecule has 0 spiro atoms. The Morgan fingerprint density at radius 2 is 2.08 bits per heavy atom. The molecule has 0 radical (unpaired) electrons. The van der Waals surface area contributed by atoms with Gasteiger partial charge in [0.2, 0.25) is 5.91 Å². The smallest absolute Gasteiger partial charge is 0.231 e. The summed E-state index contributed by atoms with van der Waals surface area (Å²) in [5.41, 5.74) is 2.44. The zero-order valence-electron chi connectivity index (χ0n) is 15.0. The number of aromatic amines is 1. The van der Waals surface area contributed by atoms with Gasteiger partial charge in [0.15, 0.2) is 5.78 Å². The van der Waals surface area contributed by atoms with Crippen molar-refractivity contribution in [3.8, 4) is 0 Å². The molecular weight excluding hydrogens is 330 g/mol. The highest BCUT2D eigenvalue weighted by atomic mass is 16.5. The molecule has 0 saturated carbocycles. The molecule has 0 aromatic carbocycles. The van der Waals surface area contributed by atoms with Crippen LogP contribution in [-0.4, -0.2) is 51.3 Å². The average Bonchev–Trinajstić information content (AvgIpc) is 3.01. The van der Waals surface area contributed by atoms with Crippen LogP contribution in [0.4, 0.5) is 0 Å². The van der Waals surface area contributed by atoms with Gasteiger partial charge in [-0.3, -0.25) is 9.59 Å². The largest absolute Gasteiger partial charge is 0.785 e. The van der Waals surface area contributed by atoms with E-state index in [1.165, 1.54) is 0 Å². The van der Waals surface area contributed by atoms with Crippen LogP contribution in [-0.2, 0) is 16.0 Å². The molecule has 136 valence electrons. The highest BCUT2D eigenvalue weighted by molar-refractivity contribution is 6.23. The Morgan fingerprint density at radius 3 is 2.81 bits per heavy atom. The van der Waals surface area contributed by atoms with Gasteiger partial charge in [0.05, 0.1) is 5.92 Å². The molecule has 1 amide bonds. The summed E-state index contributed by atoms with van der Waals surface area (Å²) in [7, 11) is 0. The number of aromatic nitrogens is 1. The lowest BCUT2D eigenvalue weighted by Gasteiger charge is -2.50. The molecule has 2 aliphatic heterocycles. The van der Waals surface area contributed by atoms with Crippen molar-refractivity contribution in [1.29, 1.82) is 0 Å². The fourth-order valence-electron chi connectivity index (χ4n) is 5.16. The molecule has 26 heavy (non-hydrogen) atoms. The number of hydrogen-bond donors (Lipinski definition) is 1. The van der Waals surface area contributed by atoms with Gasteiger partial charge in [-0.25, -0.2) is 0 Å². The Balaban J connectivity index is 1.62. The van der Waals surface area contributed by atoms with Gasteiger partial charge in [0.25, 0.3) is 0 Å². The number of likely N-dealkylation sites (tertiary alicyclic amines) is 1. The first-order valence-corrected chi connectivity index (χ1v) is 9.37. The van der Waals surface area contributed by atoms with Crippen molar-refractivity contribution in [3.05, 3.63) is 39.2 Å². The van der Waals surface area contributed by atoms with E-state index in [2.05, 4.69) is 4.98 Å². The van der Waals surface area contributed by atoms with Gasteiger partial charge in [0, 0.05) is 53.4 Å². The SMILES string of the molecule is C[C@H]1C[C@H](C)N1C(=O)C1C=C2C3=c4c(c[nH]c4=CCC3=O)C[C@H]2N([O-])C1. The fraction of sp³-hybridized carbons (Fsp3) is 0.500. The highest BCUT2D eigenvalue weighted by Crippen LogP contribution is 2.35. The molecule has 1 saturated heterocycles. The van der Waals surface area contributed by atoms with Crippen molar-refractivity contribution in [2.45, 2.75) is 51.2 Å². The van der Waals surface area contributed by atoms with Gasteiger partial charge < -0.3 is 20.2 Å². The monoisotopic (exact) mass is 352 g/mol. The molecule has 1 N–H and O–H groups in total. The van der Waals surface area contributed by atoms with Crippen LogP contribution in [0.15, 0.2) is 17.8 Å². The summed E-state index contributed by atoms with van der Waals surface area (Å²) in [6, 6.07) is 0.0848. The van der Waals surface area contributed by atoms with Gasteiger partial charge in [-0.2, -0.15) is 0 Å². The minimum Gasteiger partial charge on any atom is -0.785 e. The summed E-state index contributed by atoms with van der Waals surface area (Å²) < 4.78 is 0. The maximum atomic E-state index is 13.0. The lowest BCUT2D eigenvalue weighted by Crippen LogP contribution is -2.59. The lowest BCUT2D eigenvalue weighted by molar-refractivity contribution is -0.146. The van der Waals surface area contributed by atoms with E-state index in [4.69, 9.17) is 0 Å². The van der Waals surface area contributed by atoms with E-state index in [1.54, 1.807) is 0 Å². The highest BCUT2D eigenvalue weighted by Gasteiger charge is 2.42. The maximum Gasteiger partial charge on any atom is 0.231 e. The van der Waals surface area contributed by atoms with Crippen LogP contribution in [0.2, 0.25) is 0 Å². The standard InChI is InChI=1S/C20H22N3O3/c1-10-5-11(2)23(10)20(25)13-6-14-16(22(26)9-13)7-12-8-21-15-3-4-17(24)19(14)18(12)15/h3,6,8,10-11,13,16,21H,4-5,7,9H2,1-2H3/q-1/t10-,11-,13?,16+/m0/s1. The van der Waals surface area contributed by atoms with Crippen LogP contribution in [0.3, 0.4) is 0 Å². The molecular formula is C20H22N3O3-. The lowest BCUT2D eigenvalue weighted by atomic mass is 9.78. The van der Waals surface area contributed by atoms with Crippen LogP contribution < -0.4 is 10.6 Å². The average molecular weight is 352 g/mol. The van der Waals surface area contributed by atoms with Crippen LogP contribution in [0.25, 0.3) is 11.6 Å². The Labute approximate surface area is 151 Å². The summed E-state index contributed by atoms with van der Waals surface area (Å²) in [4.78, 5) is 30.8. The van der Waals surface area contributed by atoms with Crippen molar-refractivity contribution in [3.63, 3.8) is 0 Å². The third-order valence-electron chi connectivity index (χ3n) is 6.38. The molecule has 2 aliphatic carbocycles. The van der Waals surface area contributed by atoms with Crippen LogP contribution in [0.1, 0.15) is 32.3 Å². The van der Waals surface area contributed by atoms with E-state index in [1.807, 2.05) is 37.1 Å². The van der Waals surface area contributed by atoms with E-state index >= 15 is 0 Å². The summed E-state index contributed by atoms with van der Waals surface area (Å²) in [6.45, 7) is 4.25. The van der Waals surface area contributed by atoms with Crippen LogP contribution in [0, 0.1) is 11.1 Å². The van der Waals surface area contributed by atoms with Crippen molar-refractivity contribution < 1.29 is 9.59 Å². The van der Waals surface area contributed by atoms with Crippen LogP contribution >= 0.6 is 0 Å². The van der Waals surface area contributed by atoms with E-state index in [0.29, 0.717) is 18.4 Å². The summed E-state index contributed by atoms with van der Waals surface area (Å²) >= 11 is 0. The number of ketones is 1. The van der Waals surface area contributed by atoms with Crippen molar-refractivity contribution in [2.24, 2.45) is 5.92 Å². The Morgan fingerprint density at radius 1 is 1.31 bits per heavy atom. The molecule has 1 aromatic heterocycles. The second-order valence-electron chi connectivity index (χ2n) is 8.04. The maximum absolute atomic E-state index is 13.0. The molecule has 1 aromatic rings. The second kappa shape index (κ2) is 5.41. The van der Waals surface area contributed by atoms with E-state index in [-0.39, 0.29) is 36.4 Å².